The molecule has 0 aromatic heterocycles. The second-order valence-corrected chi connectivity index (χ2v) is 7.83. The third kappa shape index (κ3) is 5.28. The van der Waals surface area contributed by atoms with E-state index >= 15 is 0 Å². The minimum absolute atomic E-state index is 0.0136. The quantitative estimate of drug-likeness (QED) is 0.667. The van der Waals surface area contributed by atoms with Gasteiger partial charge in [0.2, 0.25) is 10.0 Å². The van der Waals surface area contributed by atoms with Gasteiger partial charge in [0, 0.05) is 11.1 Å². The number of sulfonamides is 1. The largest absolute Gasteiger partial charge is 0.495 e. The van der Waals surface area contributed by atoms with Crippen LogP contribution in [0, 0.1) is 0 Å². The molecular weight excluding hydrogens is 390 g/mol. The fraction of sp³-hybridized carbons (Fsp3) is 0.368. The Kier molecular flexibility index (Phi) is 7.35. The molecular formula is C19H24ClNO5S. The van der Waals surface area contributed by atoms with E-state index < -0.39 is 16.1 Å². The fourth-order valence-corrected chi connectivity index (χ4v) is 4.23. The molecule has 0 bridgehead atoms. The normalized spacial score (nSPS) is 12.5. The molecule has 0 spiro atoms. The van der Waals surface area contributed by atoms with Crippen LogP contribution in [0.15, 0.2) is 41.3 Å². The lowest BCUT2D eigenvalue weighted by Crippen LogP contribution is -2.27. The van der Waals surface area contributed by atoms with E-state index in [1.807, 2.05) is 13.8 Å². The molecule has 2 aromatic carbocycles. The molecule has 0 saturated heterocycles. The molecule has 0 unspecified atom stereocenters. The minimum atomic E-state index is -3.85. The van der Waals surface area contributed by atoms with Crippen molar-refractivity contribution in [3.05, 3.63) is 47.0 Å². The Bertz CT molecular complexity index is 886. The summed E-state index contributed by atoms with van der Waals surface area (Å²) in [5.41, 5.74) is 0.742. The molecule has 0 aliphatic rings. The molecule has 0 heterocycles. The summed E-state index contributed by atoms with van der Waals surface area (Å²) in [6.45, 7) is 6.50. The van der Waals surface area contributed by atoms with Gasteiger partial charge in [-0.1, -0.05) is 17.7 Å². The number of halogens is 1. The van der Waals surface area contributed by atoms with Crippen molar-refractivity contribution in [1.82, 2.24) is 4.72 Å². The summed E-state index contributed by atoms with van der Waals surface area (Å²) in [4.78, 5) is -0.0136. The molecule has 8 heteroatoms. The zero-order chi connectivity index (χ0) is 20.0. The lowest BCUT2D eigenvalue weighted by molar-refractivity contribution is 0.287. The summed E-state index contributed by atoms with van der Waals surface area (Å²) in [6, 6.07) is 9.30. The second-order valence-electron chi connectivity index (χ2n) is 5.71. The first-order valence-corrected chi connectivity index (χ1v) is 10.4. The Hall–Kier alpha value is -1.96. The van der Waals surface area contributed by atoms with E-state index in [2.05, 4.69) is 4.72 Å². The highest BCUT2D eigenvalue weighted by molar-refractivity contribution is 7.89. The van der Waals surface area contributed by atoms with Gasteiger partial charge in [-0.15, -0.1) is 0 Å². The summed E-state index contributed by atoms with van der Waals surface area (Å²) < 4.78 is 44.6. The van der Waals surface area contributed by atoms with Crippen molar-refractivity contribution < 1.29 is 22.6 Å². The van der Waals surface area contributed by atoms with Crippen molar-refractivity contribution in [3.63, 3.8) is 0 Å². The molecule has 2 aromatic rings. The van der Waals surface area contributed by atoms with Gasteiger partial charge in [0.15, 0.2) is 11.5 Å². The standard InChI is InChI=1S/C19H24ClNO5S/c1-5-25-16-9-7-14(11-18(16)26-6-2)13(3)21-27(22,23)19-12-15(20)8-10-17(19)24-4/h7-13,21H,5-6H2,1-4H3/t13-/m1/s1. The van der Waals surface area contributed by atoms with Crippen LogP contribution in [-0.4, -0.2) is 28.7 Å². The Labute approximate surface area is 165 Å². The van der Waals surface area contributed by atoms with Gasteiger partial charge in [-0.05, 0) is 56.7 Å². The van der Waals surface area contributed by atoms with Crippen LogP contribution in [0.25, 0.3) is 0 Å². The van der Waals surface area contributed by atoms with E-state index in [-0.39, 0.29) is 10.6 Å². The van der Waals surface area contributed by atoms with Crippen LogP contribution in [0.1, 0.15) is 32.4 Å². The maximum atomic E-state index is 12.8. The van der Waals surface area contributed by atoms with Crippen molar-refractivity contribution in [1.29, 1.82) is 0 Å². The van der Waals surface area contributed by atoms with Crippen LogP contribution >= 0.6 is 11.6 Å². The monoisotopic (exact) mass is 413 g/mol. The zero-order valence-corrected chi connectivity index (χ0v) is 17.4. The molecule has 0 aliphatic carbocycles. The van der Waals surface area contributed by atoms with Crippen molar-refractivity contribution in [2.24, 2.45) is 0 Å². The van der Waals surface area contributed by atoms with Crippen LogP contribution in [0.5, 0.6) is 17.2 Å². The maximum Gasteiger partial charge on any atom is 0.244 e. The average molecular weight is 414 g/mol. The molecule has 148 valence electrons. The molecule has 0 amide bonds. The number of rotatable bonds is 9. The van der Waals surface area contributed by atoms with Crippen LogP contribution < -0.4 is 18.9 Å². The number of hydrogen-bond acceptors (Lipinski definition) is 5. The van der Waals surface area contributed by atoms with Gasteiger partial charge in [0.25, 0.3) is 0 Å². The average Bonchev–Trinajstić information content (AvgIpc) is 2.63. The predicted molar refractivity (Wildman–Crippen MR) is 106 cm³/mol. The van der Waals surface area contributed by atoms with E-state index in [9.17, 15) is 8.42 Å². The van der Waals surface area contributed by atoms with E-state index in [1.54, 1.807) is 31.2 Å². The highest BCUT2D eigenvalue weighted by atomic mass is 35.5. The van der Waals surface area contributed by atoms with Gasteiger partial charge in [0.05, 0.1) is 20.3 Å². The number of ether oxygens (including phenoxy) is 3. The van der Waals surface area contributed by atoms with E-state index in [1.165, 1.54) is 19.2 Å². The molecule has 6 nitrogen and oxygen atoms in total. The molecule has 0 fully saturated rings. The van der Waals surface area contributed by atoms with Gasteiger partial charge in [0.1, 0.15) is 10.6 Å². The molecule has 1 atom stereocenters. The minimum Gasteiger partial charge on any atom is -0.495 e. The zero-order valence-electron chi connectivity index (χ0n) is 15.8. The smallest absolute Gasteiger partial charge is 0.244 e. The topological polar surface area (TPSA) is 73.9 Å². The van der Waals surface area contributed by atoms with Crippen LogP contribution in [0.2, 0.25) is 5.02 Å². The maximum absolute atomic E-state index is 12.8. The SMILES string of the molecule is CCOc1ccc([C@@H](C)NS(=O)(=O)c2cc(Cl)ccc2OC)cc1OCC. The Morgan fingerprint density at radius 3 is 2.26 bits per heavy atom. The molecule has 0 saturated carbocycles. The third-order valence-corrected chi connectivity index (χ3v) is 5.61. The fourth-order valence-electron chi connectivity index (χ4n) is 2.56. The predicted octanol–water partition coefficient (Wildman–Crippen LogP) is 4.19. The first-order chi connectivity index (χ1) is 12.8. The van der Waals surface area contributed by atoms with Gasteiger partial charge in [-0.3, -0.25) is 0 Å². The molecule has 0 aliphatic heterocycles. The summed E-state index contributed by atoms with van der Waals surface area (Å²) in [5.74, 6) is 1.42. The number of nitrogens with one attached hydrogen (secondary N) is 1. The van der Waals surface area contributed by atoms with Crippen molar-refractivity contribution >= 4 is 21.6 Å². The van der Waals surface area contributed by atoms with Crippen molar-refractivity contribution in [3.8, 4) is 17.2 Å². The van der Waals surface area contributed by atoms with E-state index in [0.29, 0.717) is 29.7 Å². The lowest BCUT2D eigenvalue weighted by Gasteiger charge is -2.18. The van der Waals surface area contributed by atoms with Crippen molar-refractivity contribution in [2.45, 2.75) is 31.7 Å². The highest BCUT2D eigenvalue weighted by Gasteiger charge is 2.23. The van der Waals surface area contributed by atoms with Crippen LogP contribution in [-0.2, 0) is 10.0 Å². The van der Waals surface area contributed by atoms with Crippen molar-refractivity contribution in [2.75, 3.05) is 20.3 Å². The molecule has 27 heavy (non-hydrogen) atoms. The van der Waals surface area contributed by atoms with Crippen LogP contribution in [0.4, 0.5) is 0 Å². The highest BCUT2D eigenvalue weighted by Crippen LogP contribution is 2.32. The summed E-state index contributed by atoms with van der Waals surface area (Å²) >= 11 is 5.96. The van der Waals surface area contributed by atoms with Gasteiger partial charge in [-0.2, -0.15) is 0 Å². The Balaban J connectivity index is 2.32. The lowest BCUT2D eigenvalue weighted by atomic mass is 10.1. The molecule has 0 radical (unpaired) electrons. The van der Waals surface area contributed by atoms with E-state index in [4.69, 9.17) is 25.8 Å². The van der Waals surface area contributed by atoms with Crippen LogP contribution in [0.3, 0.4) is 0 Å². The van der Waals surface area contributed by atoms with Gasteiger partial charge < -0.3 is 14.2 Å². The van der Waals surface area contributed by atoms with E-state index in [0.717, 1.165) is 5.56 Å². The third-order valence-electron chi connectivity index (χ3n) is 3.81. The van der Waals surface area contributed by atoms with Gasteiger partial charge in [-0.25, -0.2) is 13.1 Å². The molecule has 1 N–H and O–H groups in total. The number of benzene rings is 2. The molecule has 2 rings (SSSR count). The number of methoxy groups -OCH3 is 1. The van der Waals surface area contributed by atoms with Gasteiger partial charge >= 0.3 is 0 Å². The Morgan fingerprint density at radius 1 is 1.00 bits per heavy atom. The first kappa shape index (κ1) is 21.3. The summed E-state index contributed by atoms with van der Waals surface area (Å²) in [5, 5.41) is 0.309. The second kappa shape index (κ2) is 9.30. The first-order valence-electron chi connectivity index (χ1n) is 8.57. The number of hydrogen-bond donors (Lipinski definition) is 1. The summed E-state index contributed by atoms with van der Waals surface area (Å²) in [7, 11) is -2.44. The Morgan fingerprint density at radius 2 is 1.63 bits per heavy atom. The summed E-state index contributed by atoms with van der Waals surface area (Å²) in [6.07, 6.45) is 0.